The van der Waals surface area contributed by atoms with Crippen LogP contribution < -0.4 is 0 Å². The van der Waals surface area contributed by atoms with Gasteiger partial charge in [0.15, 0.2) is 0 Å². The van der Waals surface area contributed by atoms with Crippen molar-refractivity contribution < 1.29 is 13.3 Å². The van der Waals surface area contributed by atoms with Crippen molar-refractivity contribution in [1.29, 1.82) is 0 Å². The van der Waals surface area contributed by atoms with Gasteiger partial charge in [0.05, 0.1) is 9.82 Å². The molecule has 0 spiro atoms. The zero-order valence-corrected chi connectivity index (χ0v) is 13.4. The fraction of sp³-hybridized carbons (Fsp3) is 0.571. The van der Waals surface area contributed by atoms with Gasteiger partial charge in [-0.05, 0) is 45.2 Å². The summed E-state index contributed by atoms with van der Waals surface area (Å²) < 4.78 is 27.1. The molecule has 0 radical (unpaired) electrons. The van der Waals surface area contributed by atoms with Crippen molar-refractivity contribution in [3.05, 3.63) is 32.9 Å². The minimum Gasteiger partial charge on any atom is -0.258 e. The van der Waals surface area contributed by atoms with Crippen LogP contribution >= 0.6 is 0 Å². The Morgan fingerprint density at radius 3 is 2.19 bits per heavy atom. The molecule has 1 aromatic carbocycles. The van der Waals surface area contributed by atoms with Crippen LogP contribution in [0.3, 0.4) is 0 Å². The molecule has 1 saturated heterocycles. The molecule has 0 aromatic heterocycles. The summed E-state index contributed by atoms with van der Waals surface area (Å²) in [6, 6.07) is 1.59. The number of nitrogens with zero attached hydrogens (tertiary/aromatic N) is 2. The van der Waals surface area contributed by atoms with Crippen molar-refractivity contribution in [2.75, 3.05) is 13.1 Å². The first kappa shape index (κ1) is 15.9. The molecule has 0 N–H and O–H groups in total. The van der Waals surface area contributed by atoms with Gasteiger partial charge in [0.25, 0.3) is 5.69 Å². The molecule has 116 valence electrons. The molecule has 0 aliphatic carbocycles. The van der Waals surface area contributed by atoms with E-state index in [1.54, 1.807) is 19.9 Å². The third-order valence-electron chi connectivity index (χ3n) is 3.96. The Hall–Kier alpha value is -1.47. The average Bonchev–Trinajstić information content (AvgIpc) is 2.38. The third-order valence-corrected chi connectivity index (χ3v) is 6.15. The van der Waals surface area contributed by atoms with E-state index in [1.165, 1.54) is 11.2 Å². The van der Waals surface area contributed by atoms with Crippen LogP contribution in [0.4, 0.5) is 5.69 Å². The van der Waals surface area contributed by atoms with E-state index in [0.29, 0.717) is 24.2 Å². The monoisotopic (exact) mass is 312 g/mol. The number of hydrogen-bond donors (Lipinski definition) is 0. The molecule has 1 aliphatic rings. The molecule has 0 amide bonds. The standard InChI is InChI=1S/C14H20N2O4S/c1-10-9-11(2)14(12(3)13(10)16(17)18)21(19,20)15-7-5-4-6-8-15/h9H,4-8H2,1-3H3. The minimum absolute atomic E-state index is 0.0988. The number of sulfonamides is 1. The molecule has 1 aliphatic heterocycles. The number of rotatable bonds is 3. The highest BCUT2D eigenvalue weighted by Crippen LogP contribution is 2.34. The van der Waals surface area contributed by atoms with Crippen molar-refractivity contribution in [2.24, 2.45) is 0 Å². The second kappa shape index (κ2) is 5.73. The Bertz CT molecular complexity index is 677. The van der Waals surface area contributed by atoms with E-state index >= 15 is 0 Å². The lowest BCUT2D eigenvalue weighted by molar-refractivity contribution is -0.386. The largest absolute Gasteiger partial charge is 0.276 e. The second-order valence-electron chi connectivity index (χ2n) is 5.53. The van der Waals surface area contributed by atoms with Crippen LogP contribution in [-0.2, 0) is 10.0 Å². The van der Waals surface area contributed by atoms with Crippen molar-refractivity contribution in [3.63, 3.8) is 0 Å². The number of benzene rings is 1. The van der Waals surface area contributed by atoms with E-state index < -0.39 is 14.9 Å². The summed E-state index contributed by atoms with van der Waals surface area (Å²) in [5.74, 6) is 0. The number of nitro groups is 1. The lowest BCUT2D eigenvalue weighted by Gasteiger charge is -2.27. The molecular formula is C14H20N2O4S. The van der Waals surface area contributed by atoms with E-state index in [2.05, 4.69) is 0 Å². The number of piperidine rings is 1. The van der Waals surface area contributed by atoms with Gasteiger partial charge in [-0.2, -0.15) is 4.31 Å². The van der Waals surface area contributed by atoms with Gasteiger partial charge in [0.2, 0.25) is 10.0 Å². The second-order valence-corrected chi connectivity index (χ2v) is 7.41. The molecule has 1 fully saturated rings. The zero-order valence-electron chi connectivity index (χ0n) is 12.5. The Morgan fingerprint density at radius 2 is 1.67 bits per heavy atom. The van der Waals surface area contributed by atoms with Crippen LogP contribution in [-0.4, -0.2) is 30.7 Å². The van der Waals surface area contributed by atoms with Gasteiger partial charge in [-0.15, -0.1) is 0 Å². The molecule has 0 bridgehead atoms. The van der Waals surface area contributed by atoms with Crippen LogP contribution in [0.15, 0.2) is 11.0 Å². The maximum atomic E-state index is 12.8. The molecule has 21 heavy (non-hydrogen) atoms. The predicted octanol–water partition coefficient (Wildman–Crippen LogP) is 2.69. The average molecular weight is 312 g/mol. The van der Waals surface area contributed by atoms with E-state index in [9.17, 15) is 18.5 Å². The van der Waals surface area contributed by atoms with Crippen LogP contribution in [0.5, 0.6) is 0 Å². The summed E-state index contributed by atoms with van der Waals surface area (Å²) in [5, 5.41) is 11.2. The van der Waals surface area contributed by atoms with Gasteiger partial charge >= 0.3 is 0 Å². The third kappa shape index (κ3) is 2.80. The van der Waals surface area contributed by atoms with Gasteiger partial charge in [-0.1, -0.05) is 6.42 Å². The van der Waals surface area contributed by atoms with Crippen LogP contribution in [0, 0.1) is 30.9 Å². The highest BCUT2D eigenvalue weighted by molar-refractivity contribution is 7.89. The normalized spacial score (nSPS) is 16.9. The zero-order chi connectivity index (χ0) is 15.8. The maximum Gasteiger partial charge on any atom is 0.276 e. The predicted molar refractivity (Wildman–Crippen MR) is 79.9 cm³/mol. The quantitative estimate of drug-likeness (QED) is 0.635. The lowest BCUT2D eigenvalue weighted by atomic mass is 10.1. The molecule has 6 nitrogen and oxygen atoms in total. The molecule has 0 atom stereocenters. The molecule has 1 aromatic rings. The highest BCUT2D eigenvalue weighted by Gasteiger charge is 2.32. The Morgan fingerprint density at radius 1 is 1.10 bits per heavy atom. The van der Waals surface area contributed by atoms with E-state index in [0.717, 1.165) is 19.3 Å². The van der Waals surface area contributed by atoms with Crippen molar-refractivity contribution in [1.82, 2.24) is 4.31 Å². The summed E-state index contributed by atoms with van der Waals surface area (Å²) in [5.41, 5.74) is 1.20. The molecule has 2 rings (SSSR count). The van der Waals surface area contributed by atoms with Gasteiger partial charge < -0.3 is 0 Å². The van der Waals surface area contributed by atoms with Crippen molar-refractivity contribution >= 4 is 15.7 Å². The summed E-state index contributed by atoms with van der Waals surface area (Å²) in [4.78, 5) is 10.8. The van der Waals surface area contributed by atoms with E-state index in [-0.39, 0.29) is 16.1 Å². The summed E-state index contributed by atoms with van der Waals surface area (Å²) in [6.07, 6.45) is 2.70. The number of nitro benzene ring substituents is 1. The fourth-order valence-electron chi connectivity index (χ4n) is 3.07. The highest BCUT2D eigenvalue weighted by atomic mass is 32.2. The van der Waals surface area contributed by atoms with E-state index in [4.69, 9.17) is 0 Å². The molecule has 1 heterocycles. The first-order chi connectivity index (χ1) is 9.76. The smallest absolute Gasteiger partial charge is 0.258 e. The van der Waals surface area contributed by atoms with Crippen molar-refractivity contribution in [3.8, 4) is 0 Å². The van der Waals surface area contributed by atoms with Crippen LogP contribution in [0.1, 0.15) is 36.0 Å². The summed E-state index contributed by atoms with van der Waals surface area (Å²) >= 11 is 0. The molecule has 0 saturated carbocycles. The molecular weight excluding hydrogens is 292 g/mol. The number of hydrogen-bond acceptors (Lipinski definition) is 4. The SMILES string of the molecule is Cc1cc(C)c(S(=O)(=O)N2CCCCC2)c(C)c1[N+](=O)[O-]. The van der Waals surface area contributed by atoms with Crippen molar-refractivity contribution in [2.45, 2.75) is 44.9 Å². The lowest BCUT2D eigenvalue weighted by Crippen LogP contribution is -2.36. The summed E-state index contributed by atoms with van der Waals surface area (Å²) in [7, 11) is -3.67. The molecule has 7 heteroatoms. The van der Waals surface area contributed by atoms with E-state index in [1.807, 2.05) is 0 Å². The van der Waals surface area contributed by atoms with Gasteiger partial charge in [0, 0.05) is 24.2 Å². The van der Waals surface area contributed by atoms with Crippen LogP contribution in [0.2, 0.25) is 0 Å². The minimum atomic E-state index is -3.67. The Labute approximate surface area is 125 Å². The number of aryl methyl sites for hydroxylation is 2. The first-order valence-electron chi connectivity index (χ1n) is 7.02. The fourth-order valence-corrected chi connectivity index (χ4v) is 5.02. The summed E-state index contributed by atoms with van der Waals surface area (Å²) in [6.45, 7) is 5.83. The first-order valence-corrected chi connectivity index (χ1v) is 8.46. The maximum absolute atomic E-state index is 12.8. The Kier molecular flexibility index (Phi) is 4.34. The van der Waals surface area contributed by atoms with Crippen LogP contribution in [0.25, 0.3) is 0 Å². The molecule has 0 unspecified atom stereocenters. The van der Waals surface area contributed by atoms with Gasteiger partial charge in [0.1, 0.15) is 0 Å². The Balaban J connectivity index is 2.62. The van der Waals surface area contributed by atoms with Gasteiger partial charge in [-0.3, -0.25) is 10.1 Å². The van der Waals surface area contributed by atoms with Gasteiger partial charge in [-0.25, -0.2) is 8.42 Å². The topological polar surface area (TPSA) is 80.5 Å².